The molecule has 32 heavy (non-hydrogen) atoms. The molecular formula is C24H27N5O3. The monoisotopic (exact) mass is 433 g/mol. The SMILES string of the molecule is CNC(=O)NCCNCCn1ccc2c(C(=O)OC)c3nc4ccccc4c3c(C)c2c1. The number of methoxy groups -OCH3 is 1. The van der Waals surface area contributed by atoms with E-state index in [0.29, 0.717) is 24.2 Å². The van der Waals surface area contributed by atoms with Crippen LogP contribution in [0.1, 0.15) is 15.9 Å². The van der Waals surface area contributed by atoms with Gasteiger partial charge in [-0.05, 0) is 24.6 Å². The number of nitrogens with one attached hydrogen (secondary N) is 3. The Labute approximate surface area is 185 Å². The molecule has 0 bridgehead atoms. The summed E-state index contributed by atoms with van der Waals surface area (Å²) in [5.74, 6) is -0.383. The van der Waals surface area contributed by atoms with E-state index in [1.165, 1.54) is 7.11 Å². The molecule has 4 aromatic rings. The van der Waals surface area contributed by atoms with Crippen molar-refractivity contribution in [1.82, 2.24) is 25.5 Å². The minimum atomic E-state index is -0.383. The summed E-state index contributed by atoms with van der Waals surface area (Å²) in [4.78, 5) is 28.7. The molecule has 166 valence electrons. The number of nitrogens with zero attached hydrogens (tertiary/aromatic N) is 2. The molecule has 0 radical (unpaired) electrons. The van der Waals surface area contributed by atoms with E-state index in [1.54, 1.807) is 7.05 Å². The second kappa shape index (κ2) is 9.23. The van der Waals surface area contributed by atoms with Crippen LogP contribution in [0.15, 0.2) is 42.7 Å². The maximum Gasteiger partial charge on any atom is 0.340 e. The van der Waals surface area contributed by atoms with Gasteiger partial charge in [0.05, 0.1) is 23.7 Å². The third-order valence-electron chi connectivity index (χ3n) is 5.70. The first-order valence-electron chi connectivity index (χ1n) is 10.6. The minimum Gasteiger partial charge on any atom is -0.465 e. The highest BCUT2D eigenvalue weighted by Gasteiger charge is 2.22. The van der Waals surface area contributed by atoms with Crippen LogP contribution < -0.4 is 16.0 Å². The summed E-state index contributed by atoms with van der Waals surface area (Å²) in [6, 6.07) is 9.71. The zero-order chi connectivity index (χ0) is 22.7. The van der Waals surface area contributed by atoms with Gasteiger partial charge in [0.1, 0.15) is 0 Å². The van der Waals surface area contributed by atoms with Crippen molar-refractivity contribution < 1.29 is 14.3 Å². The van der Waals surface area contributed by atoms with E-state index in [0.717, 1.165) is 45.7 Å². The van der Waals surface area contributed by atoms with Crippen LogP contribution in [0.5, 0.6) is 0 Å². The highest BCUT2D eigenvalue weighted by molar-refractivity contribution is 6.23. The lowest BCUT2D eigenvalue weighted by Crippen LogP contribution is -2.37. The Morgan fingerprint density at radius 1 is 1.06 bits per heavy atom. The molecule has 2 heterocycles. The van der Waals surface area contributed by atoms with Crippen LogP contribution in [0.4, 0.5) is 4.79 Å². The van der Waals surface area contributed by atoms with Gasteiger partial charge in [0.2, 0.25) is 0 Å². The average molecular weight is 434 g/mol. The zero-order valence-corrected chi connectivity index (χ0v) is 18.5. The fourth-order valence-corrected chi connectivity index (χ4v) is 4.10. The van der Waals surface area contributed by atoms with Gasteiger partial charge < -0.3 is 25.3 Å². The van der Waals surface area contributed by atoms with Crippen LogP contribution in [0, 0.1) is 6.92 Å². The van der Waals surface area contributed by atoms with Gasteiger partial charge in [0.25, 0.3) is 0 Å². The van der Waals surface area contributed by atoms with Crippen molar-refractivity contribution >= 4 is 44.6 Å². The third kappa shape index (κ3) is 3.97. The Kier molecular flexibility index (Phi) is 6.23. The second-order valence-corrected chi connectivity index (χ2v) is 7.61. The number of rotatable bonds is 7. The van der Waals surface area contributed by atoms with E-state index in [4.69, 9.17) is 9.72 Å². The van der Waals surface area contributed by atoms with E-state index in [1.807, 2.05) is 36.5 Å². The molecule has 2 aromatic carbocycles. The van der Waals surface area contributed by atoms with E-state index in [2.05, 4.69) is 33.6 Å². The van der Waals surface area contributed by atoms with Crippen molar-refractivity contribution in [3.8, 4) is 0 Å². The molecule has 8 nitrogen and oxygen atoms in total. The summed E-state index contributed by atoms with van der Waals surface area (Å²) >= 11 is 0. The van der Waals surface area contributed by atoms with Gasteiger partial charge in [-0.15, -0.1) is 0 Å². The summed E-state index contributed by atoms with van der Waals surface area (Å²) in [5.41, 5.74) is 3.15. The number of fused-ring (bicyclic) bond motifs is 4. The van der Waals surface area contributed by atoms with Crippen LogP contribution in [0.3, 0.4) is 0 Å². The van der Waals surface area contributed by atoms with Gasteiger partial charge in [-0.1, -0.05) is 18.2 Å². The molecule has 0 saturated carbocycles. The maximum absolute atomic E-state index is 12.7. The van der Waals surface area contributed by atoms with E-state index in [-0.39, 0.29) is 12.0 Å². The Morgan fingerprint density at radius 2 is 1.88 bits per heavy atom. The number of urea groups is 1. The number of aromatic nitrogens is 2. The van der Waals surface area contributed by atoms with Gasteiger partial charge in [-0.3, -0.25) is 0 Å². The predicted octanol–water partition coefficient (Wildman–Crippen LogP) is 2.96. The standard InChI is InChI=1S/C24H27N5O3/c1-15-18-14-29(13-11-26-9-10-27-24(31)25-2)12-8-16(18)21(23(30)32-3)22-20(15)17-6-4-5-7-19(17)28-22/h4-8,12,14,26H,9-11,13H2,1-3H3,(H2,25,27,31). The number of carbonyl (C=O) groups excluding carboxylic acids is 2. The molecule has 0 aliphatic rings. The van der Waals surface area contributed by atoms with Crippen LogP contribution in [-0.2, 0) is 11.3 Å². The molecule has 0 saturated heterocycles. The Balaban J connectivity index is 1.67. The topological polar surface area (TPSA) is 97.3 Å². The van der Waals surface area contributed by atoms with Gasteiger partial charge in [0.15, 0.2) is 0 Å². The normalized spacial score (nSPS) is 11.2. The van der Waals surface area contributed by atoms with E-state index >= 15 is 0 Å². The maximum atomic E-state index is 12.7. The number of hydrogen-bond donors (Lipinski definition) is 3. The lowest BCUT2D eigenvalue weighted by Gasteiger charge is -2.14. The molecular weight excluding hydrogens is 406 g/mol. The van der Waals surface area contributed by atoms with Crippen molar-refractivity contribution in [2.24, 2.45) is 0 Å². The fraction of sp³-hybridized carbons (Fsp3) is 0.292. The van der Waals surface area contributed by atoms with Gasteiger partial charge >= 0.3 is 12.0 Å². The largest absolute Gasteiger partial charge is 0.465 e. The summed E-state index contributed by atoms with van der Waals surface area (Å²) in [6.45, 7) is 4.81. The first-order chi connectivity index (χ1) is 15.5. The van der Waals surface area contributed by atoms with Gasteiger partial charge in [0, 0.05) is 67.2 Å². The highest BCUT2D eigenvalue weighted by atomic mass is 16.5. The van der Waals surface area contributed by atoms with Crippen LogP contribution >= 0.6 is 0 Å². The van der Waals surface area contributed by atoms with Crippen molar-refractivity contribution in [3.05, 3.63) is 53.9 Å². The second-order valence-electron chi connectivity index (χ2n) is 7.61. The number of benzene rings is 2. The van der Waals surface area contributed by atoms with Crippen molar-refractivity contribution in [2.75, 3.05) is 33.8 Å². The fourth-order valence-electron chi connectivity index (χ4n) is 4.10. The number of hydrogen-bond acceptors (Lipinski definition) is 5. The number of para-hydroxylation sites is 1. The van der Waals surface area contributed by atoms with E-state index < -0.39 is 0 Å². The van der Waals surface area contributed by atoms with Crippen molar-refractivity contribution in [2.45, 2.75) is 13.5 Å². The number of esters is 1. The number of amides is 2. The van der Waals surface area contributed by atoms with Crippen LogP contribution in [-0.4, -0.2) is 55.3 Å². The zero-order valence-electron chi connectivity index (χ0n) is 18.5. The lowest BCUT2D eigenvalue weighted by molar-refractivity contribution is 0.0605. The molecule has 2 amide bonds. The quantitative estimate of drug-likeness (QED) is 0.308. The molecule has 3 N–H and O–H groups in total. The molecule has 8 heteroatoms. The number of ether oxygens (including phenoxy) is 1. The van der Waals surface area contributed by atoms with Crippen LogP contribution in [0.2, 0.25) is 0 Å². The Morgan fingerprint density at radius 3 is 2.66 bits per heavy atom. The van der Waals surface area contributed by atoms with Crippen molar-refractivity contribution in [3.63, 3.8) is 0 Å². The predicted molar refractivity (Wildman–Crippen MR) is 126 cm³/mol. The molecule has 0 aliphatic carbocycles. The molecule has 0 atom stereocenters. The van der Waals surface area contributed by atoms with Gasteiger partial charge in [-0.2, -0.15) is 0 Å². The molecule has 0 aliphatic heterocycles. The summed E-state index contributed by atoms with van der Waals surface area (Å²) in [6.07, 6.45) is 4.04. The Bertz CT molecular complexity index is 1310. The molecule has 2 aromatic heterocycles. The first kappa shape index (κ1) is 21.6. The summed E-state index contributed by atoms with van der Waals surface area (Å²) in [7, 11) is 2.99. The number of pyridine rings is 1. The highest BCUT2D eigenvalue weighted by Crippen LogP contribution is 2.37. The molecule has 0 spiro atoms. The smallest absolute Gasteiger partial charge is 0.340 e. The number of carbonyl (C=O) groups is 2. The summed E-state index contributed by atoms with van der Waals surface area (Å²) in [5, 5.41) is 12.4. The average Bonchev–Trinajstić information content (AvgIpc) is 3.20. The minimum absolute atomic E-state index is 0.187. The first-order valence-corrected chi connectivity index (χ1v) is 10.6. The summed E-state index contributed by atoms with van der Waals surface area (Å²) < 4.78 is 7.21. The lowest BCUT2D eigenvalue weighted by atomic mass is 9.96. The van der Waals surface area contributed by atoms with Crippen LogP contribution in [0.25, 0.3) is 32.6 Å². The van der Waals surface area contributed by atoms with Crippen molar-refractivity contribution in [1.29, 1.82) is 0 Å². The molecule has 0 fully saturated rings. The Hall–Kier alpha value is -3.65. The third-order valence-corrected chi connectivity index (χ3v) is 5.70. The van der Waals surface area contributed by atoms with E-state index in [9.17, 15) is 9.59 Å². The molecule has 0 unspecified atom stereocenters. The molecule has 4 rings (SSSR count). The number of aryl methyl sites for hydroxylation is 1. The van der Waals surface area contributed by atoms with Gasteiger partial charge in [-0.25, -0.2) is 14.6 Å².